The van der Waals surface area contributed by atoms with E-state index in [-0.39, 0.29) is 17.7 Å². The maximum absolute atomic E-state index is 12.5. The van der Waals surface area contributed by atoms with E-state index in [0.717, 1.165) is 52.5 Å². The fourth-order valence-electron chi connectivity index (χ4n) is 5.53. The summed E-state index contributed by atoms with van der Waals surface area (Å²) in [7, 11) is 0. The minimum Gasteiger partial charge on any atom is -0.457 e. The second-order valence-corrected chi connectivity index (χ2v) is 12.6. The van der Waals surface area contributed by atoms with Gasteiger partial charge < -0.3 is 19.1 Å². The van der Waals surface area contributed by atoms with Crippen LogP contribution in [0.2, 0.25) is 0 Å². The lowest BCUT2D eigenvalue weighted by molar-refractivity contribution is -0.129. The standard InChI is InChI=1S/C31H32N6O4S/c1-18(2)30-33-34-31(42-30)19-7-11-24(12-8-19)40-25-14-20(5-6-21(25)16-36-13-3-4-26(36)38)28-32-29(41-35-28)22-15-27(39)37(17-22)23-9-10-23/h5-8,11-12,14,18,22-23H,3-4,9-10,13,15-17H2,1-2H3. The Labute approximate surface area is 247 Å². The lowest BCUT2D eigenvalue weighted by Gasteiger charge is -2.19. The molecule has 10 nitrogen and oxygen atoms in total. The van der Waals surface area contributed by atoms with Crippen LogP contribution in [0.1, 0.15) is 74.2 Å². The first-order valence-electron chi connectivity index (χ1n) is 14.6. The monoisotopic (exact) mass is 584 g/mol. The molecule has 1 aliphatic carbocycles. The maximum atomic E-state index is 12.5. The van der Waals surface area contributed by atoms with Crippen molar-refractivity contribution in [3.8, 4) is 33.5 Å². The lowest BCUT2D eigenvalue weighted by atomic mass is 10.1. The van der Waals surface area contributed by atoms with Gasteiger partial charge in [0.1, 0.15) is 21.5 Å². The minimum absolute atomic E-state index is 0.0845. The van der Waals surface area contributed by atoms with Crippen LogP contribution in [0.4, 0.5) is 0 Å². The van der Waals surface area contributed by atoms with Crippen molar-refractivity contribution in [3.05, 3.63) is 58.9 Å². The fraction of sp³-hybridized carbons (Fsp3) is 0.419. The molecule has 0 bridgehead atoms. The smallest absolute Gasteiger partial charge is 0.232 e. The number of ether oxygens (including phenoxy) is 1. The van der Waals surface area contributed by atoms with Gasteiger partial charge in [0.2, 0.25) is 23.5 Å². The molecule has 3 aliphatic rings. The number of carbonyl (C=O) groups excluding carboxylic acids is 2. The number of carbonyl (C=O) groups is 2. The molecule has 2 amide bonds. The van der Waals surface area contributed by atoms with Crippen LogP contribution in [0, 0.1) is 0 Å². The molecular weight excluding hydrogens is 552 g/mol. The second kappa shape index (κ2) is 10.9. The molecule has 2 aromatic heterocycles. The van der Waals surface area contributed by atoms with Crippen molar-refractivity contribution in [1.82, 2.24) is 30.1 Å². The van der Waals surface area contributed by atoms with Crippen LogP contribution < -0.4 is 4.74 Å². The van der Waals surface area contributed by atoms with E-state index in [4.69, 9.17) is 9.26 Å². The number of benzene rings is 2. The average Bonchev–Trinajstić information content (AvgIpc) is 3.37. The van der Waals surface area contributed by atoms with Crippen LogP contribution >= 0.6 is 11.3 Å². The summed E-state index contributed by atoms with van der Waals surface area (Å²) in [6, 6.07) is 14.0. The molecule has 11 heteroatoms. The Hall–Kier alpha value is -4.12. The highest BCUT2D eigenvalue weighted by Gasteiger charge is 2.41. The molecule has 7 rings (SSSR count). The summed E-state index contributed by atoms with van der Waals surface area (Å²) in [6.45, 7) is 6.05. The van der Waals surface area contributed by atoms with Gasteiger partial charge in [0.25, 0.3) is 0 Å². The molecular formula is C31H32N6O4S. The van der Waals surface area contributed by atoms with Gasteiger partial charge in [-0.1, -0.05) is 42.5 Å². The topological polar surface area (TPSA) is 115 Å². The van der Waals surface area contributed by atoms with Crippen LogP contribution in [0.15, 0.2) is 47.0 Å². The first-order valence-corrected chi connectivity index (χ1v) is 15.4. The summed E-state index contributed by atoms with van der Waals surface area (Å²) in [4.78, 5) is 33.3. The third kappa shape index (κ3) is 5.40. The first-order chi connectivity index (χ1) is 20.4. The van der Waals surface area contributed by atoms with Crippen molar-refractivity contribution in [2.45, 2.75) is 70.4 Å². The molecule has 4 aromatic rings. The molecule has 0 spiro atoms. The number of nitrogens with zero attached hydrogens (tertiary/aromatic N) is 6. The van der Waals surface area contributed by atoms with Gasteiger partial charge in [-0.25, -0.2) is 0 Å². The predicted octanol–water partition coefficient (Wildman–Crippen LogP) is 5.77. The van der Waals surface area contributed by atoms with Gasteiger partial charge in [-0.3, -0.25) is 9.59 Å². The fourth-order valence-corrected chi connectivity index (χ4v) is 6.38. The van der Waals surface area contributed by atoms with Crippen LogP contribution in [0.3, 0.4) is 0 Å². The number of likely N-dealkylation sites (tertiary alicyclic amines) is 2. The second-order valence-electron chi connectivity index (χ2n) is 11.6. The summed E-state index contributed by atoms with van der Waals surface area (Å²) < 4.78 is 12.0. The van der Waals surface area contributed by atoms with E-state index in [1.54, 1.807) is 11.3 Å². The molecule has 2 aromatic carbocycles. The molecule has 3 fully saturated rings. The summed E-state index contributed by atoms with van der Waals surface area (Å²) in [5.74, 6) is 2.79. The normalized spacial score (nSPS) is 19.0. The molecule has 0 radical (unpaired) electrons. The SMILES string of the molecule is CC(C)c1nnc(-c2ccc(Oc3cc(-c4noc(C5CC(=O)N(C6CC6)C5)n4)ccc3CN3CCCC3=O)cc2)s1. The number of hydrogen-bond acceptors (Lipinski definition) is 9. The molecule has 1 atom stereocenters. The van der Waals surface area contributed by atoms with Crippen LogP contribution in [0.5, 0.6) is 11.5 Å². The number of rotatable bonds is 9. The Morgan fingerprint density at radius 1 is 1.05 bits per heavy atom. The molecule has 2 saturated heterocycles. The largest absolute Gasteiger partial charge is 0.457 e. The quantitative estimate of drug-likeness (QED) is 0.244. The van der Waals surface area contributed by atoms with Crippen LogP contribution in [-0.2, 0) is 16.1 Å². The Kier molecular flexibility index (Phi) is 6.97. The summed E-state index contributed by atoms with van der Waals surface area (Å²) >= 11 is 1.59. The van der Waals surface area contributed by atoms with E-state index >= 15 is 0 Å². The van der Waals surface area contributed by atoms with Crippen molar-refractivity contribution in [3.63, 3.8) is 0 Å². The first kappa shape index (κ1) is 26.8. The highest BCUT2D eigenvalue weighted by Crippen LogP contribution is 2.38. The molecule has 0 N–H and O–H groups in total. The third-order valence-electron chi connectivity index (χ3n) is 8.06. The Morgan fingerprint density at radius 3 is 2.57 bits per heavy atom. The molecule has 2 aliphatic heterocycles. The van der Waals surface area contributed by atoms with Gasteiger partial charge in [-0.05, 0) is 49.6 Å². The minimum atomic E-state index is -0.0845. The zero-order chi connectivity index (χ0) is 28.8. The maximum Gasteiger partial charge on any atom is 0.232 e. The van der Waals surface area contributed by atoms with E-state index in [0.29, 0.717) is 61.1 Å². The van der Waals surface area contributed by atoms with Gasteiger partial charge in [0, 0.05) is 61.1 Å². The van der Waals surface area contributed by atoms with Gasteiger partial charge in [0.15, 0.2) is 0 Å². The van der Waals surface area contributed by atoms with Crippen molar-refractivity contribution < 1.29 is 18.8 Å². The van der Waals surface area contributed by atoms with Gasteiger partial charge in [-0.15, -0.1) is 10.2 Å². The van der Waals surface area contributed by atoms with Crippen molar-refractivity contribution in [1.29, 1.82) is 0 Å². The molecule has 1 unspecified atom stereocenters. The zero-order valence-corrected chi connectivity index (χ0v) is 24.5. The van der Waals surface area contributed by atoms with E-state index < -0.39 is 0 Å². The molecule has 4 heterocycles. The van der Waals surface area contributed by atoms with Crippen LogP contribution in [-0.4, -0.2) is 61.1 Å². The predicted molar refractivity (Wildman–Crippen MR) is 156 cm³/mol. The lowest BCUT2D eigenvalue weighted by Crippen LogP contribution is -2.27. The van der Waals surface area contributed by atoms with Crippen molar-refractivity contribution in [2.75, 3.05) is 13.1 Å². The zero-order valence-electron chi connectivity index (χ0n) is 23.7. The van der Waals surface area contributed by atoms with E-state index in [1.807, 2.05) is 52.3 Å². The summed E-state index contributed by atoms with van der Waals surface area (Å²) in [5.41, 5.74) is 2.62. The Morgan fingerprint density at radius 2 is 1.86 bits per heavy atom. The molecule has 216 valence electrons. The number of hydrogen-bond donors (Lipinski definition) is 0. The molecule has 1 saturated carbocycles. The molecule has 42 heavy (non-hydrogen) atoms. The van der Waals surface area contributed by atoms with Crippen molar-refractivity contribution >= 4 is 23.2 Å². The highest BCUT2D eigenvalue weighted by molar-refractivity contribution is 7.14. The summed E-state index contributed by atoms with van der Waals surface area (Å²) in [5, 5.41) is 14.8. The third-order valence-corrected chi connectivity index (χ3v) is 9.33. The van der Waals surface area contributed by atoms with E-state index in [1.165, 1.54) is 0 Å². The number of amides is 2. The Bertz CT molecular complexity index is 1630. The van der Waals surface area contributed by atoms with Gasteiger partial charge in [0.05, 0.1) is 5.92 Å². The average molecular weight is 585 g/mol. The summed E-state index contributed by atoms with van der Waals surface area (Å²) in [6.07, 6.45) is 4.01. The Balaban J connectivity index is 1.14. The van der Waals surface area contributed by atoms with E-state index in [9.17, 15) is 9.59 Å². The van der Waals surface area contributed by atoms with Crippen LogP contribution in [0.25, 0.3) is 22.0 Å². The highest BCUT2D eigenvalue weighted by atomic mass is 32.1. The van der Waals surface area contributed by atoms with Gasteiger partial charge >= 0.3 is 0 Å². The van der Waals surface area contributed by atoms with Gasteiger partial charge in [-0.2, -0.15) is 4.98 Å². The van der Waals surface area contributed by atoms with E-state index in [2.05, 4.69) is 34.2 Å². The van der Waals surface area contributed by atoms with Crippen molar-refractivity contribution in [2.24, 2.45) is 0 Å². The number of aromatic nitrogens is 4.